The molecule has 44 heavy (non-hydrogen) atoms. The van der Waals surface area contributed by atoms with E-state index in [4.69, 9.17) is 0 Å². The second kappa shape index (κ2) is 13.4. The van der Waals surface area contributed by atoms with Crippen molar-refractivity contribution in [2.24, 2.45) is 5.92 Å². The molecule has 0 aliphatic carbocycles. The van der Waals surface area contributed by atoms with Crippen LogP contribution < -0.4 is 10.6 Å². The summed E-state index contributed by atoms with van der Waals surface area (Å²) in [5, 5.41) is 5.21. The highest BCUT2D eigenvalue weighted by atomic mass is 19.4. The van der Waals surface area contributed by atoms with Gasteiger partial charge in [-0.1, -0.05) is 26.0 Å². The number of carbonyl (C=O) groups excluding carboxylic acids is 2. The number of amides is 2. The van der Waals surface area contributed by atoms with Crippen LogP contribution in [0.15, 0.2) is 73.2 Å². The Hall–Kier alpha value is -4.61. The second-order valence-corrected chi connectivity index (χ2v) is 10.7. The number of alkyl halides is 3. The lowest BCUT2D eigenvalue weighted by Gasteiger charge is -2.26. The average Bonchev–Trinajstić information content (AvgIpc) is 3.46. The van der Waals surface area contributed by atoms with Gasteiger partial charge in [0.15, 0.2) is 0 Å². The monoisotopic (exact) mass is 616 g/mol. The first-order valence-electron chi connectivity index (χ1n) is 13.7. The lowest BCUT2D eigenvalue weighted by molar-refractivity contribution is -0.138. The molecular formula is C32H30F6N4O2. The van der Waals surface area contributed by atoms with Crippen molar-refractivity contribution in [3.8, 4) is 11.1 Å². The third-order valence-corrected chi connectivity index (χ3v) is 7.00. The number of pyridine rings is 1. The van der Waals surface area contributed by atoms with Crippen molar-refractivity contribution in [2.45, 2.75) is 44.9 Å². The van der Waals surface area contributed by atoms with Gasteiger partial charge in [0.1, 0.15) is 23.5 Å². The quantitative estimate of drug-likeness (QED) is 0.188. The summed E-state index contributed by atoms with van der Waals surface area (Å²) in [6.45, 7) is 3.63. The zero-order valence-corrected chi connectivity index (χ0v) is 24.1. The number of carbonyl (C=O) groups is 2. The van der Waals surface area contributed by atoms with E-state index < -0.39 is 53.1 Å². The van der Waals surface area contributed by atoms with Crippen LogP contribution in [0.2, 0.25) is 0 Å². The Balaban J connectivity index is 1.80. The molecule has 2 heterocycles. The number of benzene rings is 2. The second-order valence-electron chi connectivity index (χ2n) is 10.7. The Kier molecular flexibility index (Phi) is 9.81. The molecule has 0 saturated heterocycles. The van der Waals surface area contributed by atoms with Gasteiger partial charge < -0.3 is 15.2 Å². The molecule has 0 spiro atoms. The largest absolute Gasteiger partial charge is 0.417 e. The van der Waals surface area contributed by atoms with Crippen molar-refractivity contribution in [1.29, 1.82) is 0 Å². The topological polar surface area (TPSA) is 76.0 Å². The molecule has 1 unspecified atom stereocenters. The van der Waals surface area contributed by atoms with E-state index in [0.29, 0.717) is 17.2 Å². The normalized spacial score (nSPS) is 13.0. The third kappa shape index (κ3) is 7.66. The summed E-state index contributed by atoms with van der Waals surface area (Å²) in [7, 11) is 1.35. The molecule has 6 nitrogen and oxygen atoms in total. The van der Waals surface area contributed by atoms with Crippen molar-refractivity contribution in [3.63, 3.8) is 0 Å². The Morgan fingerprint density at radius 2 is 1.68 bits per heavy atom. The molecule has 0 saturated carbocycles. The number of nitrogens with one attached hydrogen (secondary N) is 2. The first-order valence-corrected chi connectivity index (χ1v) is 13.7. The van der Waals surface area contributed by atoms with Crippen LogP contribution in [0.3, 0.4) is 0 Å². The molecule has 0 fully saturated rings. The Morgan fingerprint density at radius 3 is 2.30 bits per heavy atom. The van der Waals surface area contributed by atoms with Crippen LogP contribution in [0.4, 0.5) is 26.3 Å². The van der Waals surface area contributed by atoms with Crippen LogP contribution >= 0.6 is 0 Å². The SMILES string of the molecule is CNC(=O)c1cc(-c2cccnc2[C@H](Cc2cc(F)cc(F)c2)NC(=O)C(CC(C)C)n2ccc(C(F)(F)F)c2)ccc1F. The Labute approximate surface area is 250 Å². The third-order valence-electron chi connectivity index (χ3n) is 7.00. The van der Waals surface area contributed by atoms with Crippen LogP contribution in [0, 0.1) is 23.4 Å². The van der Waals surface area contributed by atoms with Crippen molar-refractivity contribution < 1.29 is 35.9 Å². The van der Waals surface area contributed by atoms with E-state index in [1.54, 1.807) is 12.1 Å². The van der Waals surface area contributed by atoms with Gasteiger partial charge in [0.05, 0.1) is 22.9 Å². The lowest BCUT2D eigenvalue weighted by atomic mass is 9.93. The summed E-state index contributed by atoms with van der Waals surface area (Å²) in [6.07, 6.45) is -1.12. The molecular weight excluding hydrogens is 586 g/mol. The number of rotatable bonds is 10. The van der Waals surface area contributed by atoms with Crippen molar-refractivity contribution in [3.05, 3.63) is 113 Å². The van der Waals surface area contributed by atoms with E-state index >= 15 is 0 Å². The molecule has 2 aromatic carbocycles. The predicted molar refractivity (Wildman–Crippen MR) is 152 cm³/mol. The van der Waals surface area contributed by atoms with Gasteiger partial charge in [0.2, 0.25) is 5.91 Å². The minimum Gasteiger partial charge on any atom is -0.355 e. The number of hydrogen-bond acceptors (Lipinski definition) is 3. The number of nitrogens with zero attached hydrogens (tertiary/aromatic N) is 2. The Bertz CT molecular complexity index is 1630. The minimum absolute atomic E-state index is 0.0917. The fraction of sp³-hybridized carbons (Fsp3) is 0.281. The molecule has 4 aromatic rings. The molecule has 0 bridgehead atoms. The maximum atomic E-state index is 14.5. The molecule has 232 valence electrons. The smallest absolute Gasteiger partial charge is 0.355 e. The van der Waals surface area contributed by atoms with Gasteiger partial charge in [0.25, 0.3) is 5.91 Å². The maximum absolute atomic E-state index is 14.5. The van der Waals surface area contributed by atoms with E-state index in [1.165, 1.54) is 36.1 Å². The van der Waals surface area contributed by atoms with E-state index in [-0.39, 0.29) is 35.6 Å². The van der Waals surface area contributed by atoms with Crippen molar-refractivity contribution in [2.75, 3.05) is 7.05 Å². The van der Waals surface area contributed by atoms with Crippen molar-refractivity contribution >= 4 is 11.8 Å². The summed E-state index contributed by atoms with van der Waals surface area (Å²) < 4.78 is 84.1. The van der Waals surface area contributed by atoms with Gasteiger partial charge in [-0.05, 0) is 66.3 Å². The molecule has 2 aromatic heterocycles. The Morgan fingerprint density at radius 1 is 0.977 bits per heavy atom. The van der Waals surface area contributed by atoms with Crippen molar-refractivity contribution in [1.82, 2.24) is 20.2 Å². The molecule has 0 aliphatic rings. The van der Waals surface area contributed by atoms with Crippen LogP contribution in [0.5, 0.6) is 0 Å². The first-order chi connectivity index (χ1) is 20.8. The molecule has 0 radical (unpaired) electrons. The summed E-state index contributed by atoms with van der Waals surface area (Å²) >= 11 is 0. The lowest BCUT2D eigenvalue weighted by Crippen LogP contribution is -2.37. The standard InChI is InChI=1S/C32H30F6N4O2/c1-18(2)11-28(42-10-8-21(17-42)32(36,37)38)31(44)41-27(14-19-12-22(33)16-23(34)13-19)29-24(5-4-9-40-29)20-6-7-26(35)25(15-20)30(43)39-3/h4-10,12-13,15-18,27-28H,11,14H2,1-3H3,(H,39,43)(H,41,44)/t27-,28?/m0/s1. The van der Waals surface area contributed by atoms with Gasteiger partial charge >= 0.3 is 6.18 Å². The first kappa shape index (κ1) is 32.3. The highest BCUT2D eigenvalue weighted by molar-refractivity contribution is 5.95. The predicted octanol–water partition coefficient (Wildman–Crippen LogP) is 7.03. The fourth-order valence-corrected chi connectivity index (χ4v) is 4.97. The molecule has 2 atom stereocenters. The summed E-state index contributed by atoms with van der Waals surface area (Å²) in [5.74, 6) is -3.86. The van der Waals surface area contributed by atoms with Gasteiger partial charge in [-0.2, -0.15) is 13.2 Å². The fourth-order valence-electron chi connectivity index (χ4n) is 4.97. The van der Waals surface area contributed by atoms with E-state index in [9.17, 15) is 35.9 Å². The summed E-state index contributed by atoms with van der Waals surface area (Å²) in [4.78, 5) is 30.6. The average molecular weight is 617 g/mol. The number of hydrogen-bond donors (Lipinski definition) is 2. The highest BCUT2D eigenvalue weighted by Crippen LogP contribution is 2.33. The van der Waals surface area contributed by atoms with Crippen LogP contribution in [-0.2, 0) is 17.4 Å². The van der Waals surface area contributed by atoms with E-state index in [0.717, 1.165) is 30.5 Å². The zero-order valence-electron chi connectivity index (χ0n) is 24.1. The van der Waals surface area contributed by atoms with Gasteiger partial charge in [0, 0.05) is 37.3 Å². The maximum Gasteiger partial charge on any atom is 0.417 e. The molecule has 2 amide bonds. The molecule has 4 rings (SSSR count). The molecule has 2 N–H and O–H groups in total. The zero-order chi connectivity index (χ0) is 32.2. The minimum atomic E-state index is -4.61. The number of halogens is 6. The summed E-state index contributed by atoms with van der Waals surface area (Å²) in [5.41, 5.74) is 0.0121. The van der Waals surface area contributed by atoms with Crippen LogP contribution in [0.25, 0.3) is 11.1 Å². The van der Waals surface area contributed by atoms with Crippen LogP contribution in [0.1, 0.15) is 59.5 Å². The molecule has 0 aliphatic heterocycles. The van der Waals surface area contributed by atoms with E-state index in [1.807, 2.05) is 13.8 Å². The molecule has 12 heteroatoms. The van der Waals surface area contributed by atoms with Gasteiger partial charge in [-0.25, -0.2) is 13.2 Å². The number of aromatic nitrogens is 2. The van der Waals surface area contributed by atoms with Gasteiger partial charge in [-0.3, -0.25) is 14.6 Å². The van der Waals surface area contributed by atoms with Gasteiger partial charge in [-0.15, -0.1) is 0 Å². The summed E-state index contributed by atoms with van der Waals surface area (Å²) in [6, 6.07) is 8.72. The van der Waals surface area contributed by atoms with Crippen LogP contribution in [-0.4, -0.2) is 28.4 Å². The highest BCUT2D eigenvalue weighted by Gasteiger charge is 2.34. The van der Waals surface area contributed by atoms with E-state index in [2.05, 4.69) is 15.6 Å².